The van der Waals surface area contributed by atoms with E-state index < -0.39 is 5.41 Å². The van der Waals surface area contributed by atoms with Crippen molar-refractivity contribution >= 4 is 51.0 Å². The fraction of sp³-hybridized carbons (Fsp3) is 0.125. The van der Waals surface area contributed by atoms with E-state index in [0.717, 1.165) is 6.42 Å². The minimum atomic E-state index is -0.490. The summed E-state index contributed by atoms with van der Waals surface area (Å²) in [6.45, 7) is 4.58. The molecule has 7 aromatic carbocycles. The zero-order chi connectivity index (χ0) is 33.8. The van der Waals surface area contributed by atoms with Gasteiger partial charge in [0.15, 0.2) is 0 Å². The number of fused-ring (bicyclic) bond motifs is 9. The third-order valence-electron chi connectivity index (χ3n) is 12.0. The van der Waals surface area contributed by atoms with Gasteiger partial charge in [0.25, 0.3) is 0 Å². The van der Waals surface area contributed by atoms with Crippen molar-refractivity contribution in [3.05, 3.63) is 185 Å². The van der Waals surface area contributed by atoms with E-state index in [0.29, 0.717) is 0 Å². The molecule has 8 aromatic rings. The van der Waals surface area contributed by atoms with Crippen LogP contribution in [-0.2, 0) is 11.8 Å². The number of aryl methyl sites for hydroxylation is 2. The number of benzene rings is 7. The number of hydrogen-bond donors (Lipinski definition) is 0. The molecule has 0 saturated heterocycles. The fourth-order valence-electron chi connectivity index (χ4n) is 10.1. The maximum atomic E-state index is 2.72. The Morgan fingerprint density at radius 2 is 1.33 bits per heavy atom. The first-order valence-electron chi connectivity index (χ1n) is 18.5. The molecule has 0 amide bonds. The Balaban J connectivity index is 1.29. The highest BCUT2D eigenvalue weighted by Gasteiger charge is 2.52. The topological polar surface area (TPSA) is 8.17 Å². The summed E-state index contributed by atoms with van der Waals surface area (Å²) in [5.41, 5.74) is 19.4. The molecule has 0 fully saturated rings. The molecule has 3 aliphatic rings. The van der Waals surface area contributed by atoms with E-state index in [1.807, 2.05) is 0 Å². The normalized spacial score (nSPS) is 14.4. The Hall–Kier alpha value is -5.80. The summed E-state index contributed by atoms with van der Waals surface area (Å²) >= 11 is 0. The van der Waals surface area contributed by atoms with Crippen molar-refractivity contribution in [3.63, 3.8) is 0 Å². The second kappa shape index (κ2) is 10.6. The van der Waals surface area contributed by atoms with Crippen molar-refractivity contribution in [2.75, 3.05) is 4.81 Å². The van der Waals surface area contributed by atoms with Gasteiger partial charge in [0.1, 0.15) is 0 Å². The molecule has 0 atom stereocenters. The van der Waals surface area contributed by atoms with Crippen LogP contribution >= 0.6 is 0 Å². The van der Waals surface area contributed by atoms with Crippen molar-refractivity contribution in [1.29, 1.82) is 0 Å². The van der Waals surface area contributed by atoms with Crippen molar-refractivity contribution in [1.82, 2.24) is 4.57 Å². The number of nitrogens with zero attached hydrogens (tertiary/aromatic N) is 2. The van der Waals surface area contributed by atoms with Crippen molar-refractivity contribution in [2.45, 2.75) is 38.5 Å². The zero-order valence-electron chi connectivity index (χ0n) is 29.0. The van der Waals surface area contributed by atoms with E-state index in [1.165, 1.54) is 107 Å². The molecule has 0 spiro atoms. The average Bonchev–Trinajstić information content (AvgIpc) is 3.52. The van der Waals surface area contributed by atoms with Gasteiger partial charge in [-0.05, 0) is 93.9 Å². The van der Waals surface area contributed by atoms with Gasteiger partial charge >= 0.3 is 6.85 Å². The highest BCUT2D eigenvalue weighted by molar-refractivity contribution is 6.93. The standard InChI is InChI=1S/C48H37BN2/c1-3-4-15-32-26-27-42-37(30-32)35-21-14-24-41-47(35)50(42)44-29-31(2)28-38-36-20-13-23-40-46(36)51(49(41)45(38)44)43-25-12-11-22-39(43)48(40,33-16-7-5-8-17-33)34-18-9-6-10-19-34/h5-14,16-30H,3-4,15H2,1-2H3. The van der Waals surface area contributed by atoms with Crippen LogP contribution in [0.2, 0.25) is 0 Å². The smallest absolute Gasteiger partial charge is 0.333 e. The molecule has 4 heterocycles. The van der Waals surface area contributed by atoms with E-state index in [-0.39, 0.29) is 6.85 Å². The molecular weight excluding hydrogens is 615 g/mol. The minimum absolute atomic E-state index is 0.0232. The molecule has 51 heavy (non-hydrogen) atoms. The number of aromatic nitrogens is 1. The molecule has 0 aliphatic carbocycles. The zero-order valence-corrected chi connectivity index (χ0v) is 29.0. The Labute approximate surface area is 299 Å². The summed E-state index contributed by atoms with van der Waals surface area (Å²) in [5.74, 6) is 0. The highest BCUT2D eigenvalue weighted by Crippen LogP contribution is 2.59. The van der Waals surface area contributed by atoms with Gasteiger partial charge in [-0.1, -0.05) is 141 Å². The van der Waals surface area contributed by atoms with Gasteiger partial charge in [-0.25, -0.2) is 0 Å². The molecule has 3 heteroatoms. The first-order valence-corrected chi connectivity index (χ1v) is 18.5. The Kier molecular flexibility index (Phi) is 6.03. The third kappa shape index (κ3) is 3.68. The predicted molar refractivity (Wildman–Crippen MR) is 215 cm³/mol. The quantitative estimate of drug-likeness (QED) is 0.168. The Morgan fingerprint density at radius 1 is 0.608 bits per heavy atom. The Bertz CT molecular complexity index is 2670. The van der Waals surface area contributed by atoms with Crippen LogP contribution in [0.1, 0.15) is 53.1 Å². The monoisotopic (exact) mass is 652 g/mol. The fourth-order valence-corrected chi connectivity index (χ4v) is 10.1. The molecule has 3 aliphatic heterocycles. The number of unbranched alkanes of at least 4 members (excludes halogenated alkanes) is 1. The lowest BCUT2D eigenvalue weighted by Gasteiger charge is -2.52. The van der Waals surface area contributed by atoms with Crippen LogP contribution in [0.3, 0.4) is 0 Å². The van der Waals surface area contributed by atoms with Crippen molar-refractivity contribution in [3.8, 4) is 16.8 Å². The predicted octanol–water partition coefficient (Wildman–Crippen LogP) is 10.4. The second-order valence-corrected chi connectivity index (χ2v) is 14.8. The molecule has 242 valence electrons. The largest absolute Gasteiger partial charge is 0.376 e. The van der Waals surface area contributed by atoms with Crippen molar-refractivity contribution in [2.24, 2.45) is 0 Å². The second-order valence-electron chi connectivity index (χ2n) is 14.8. The number of para-hydroxylation sites is 3. The lowest BCUT2D eigenvalue weighted by atomic mass is 9.42. The number of rotatable bonds is 5. The van der Waals surface area contributed by atoms with E-state index in [9.17, 15) is 0 Å². The minimum Gasteiger partial charge on any atom is -0.376 e. The summed E-state index contributed by atoms with van der Waals surface area (Å²) in [4.78, 5) is 2.72. The molecule has 1 aromatic heterocycles. The lowest BCUT2D eigenvalue weighted by molar-refractivity contribution is 0.734. The molecule has 0 unspecified atom stereocenters. The van der Waals surface area contributed by atoms with Crippen molar-refractivity contribution < 1.29 is 0 Å². The Morgan fingerprint density at radius 3 is 2.12 bits per heavy atom. The van der Waals surface area contributed by atoms with Gasteiger partial charge in [0, 0.05) is 33.4 Å². The molecular formula is C48H37BN2. The van der Waals surface area contributed by atoms with Gasteiger partial charge in [-0.15, -0.1) is 0 Å². The summed E-state index contributed by atoms with van der Waals surface area (Å²) in [5, 5.41) is 2.71. The van der Waals surface area contributed by atoms with E-state index >= 15 is 0 Å². The molecule has 0 saturated carbocycles. The maximum Gasteiger partial charge on any atom is 0.333 e. The summed E-state index contributed by atoms with van der Waals surface area (Å²) in [6.07, 6.45) is 3.54. The van der Waals surface area contributed by atoms with Gasteiger partial charge in [-0.2, -0.15) is 0 Å². The summed E-state index contributed by atoms with van der Waals surface area (Å²) in [6, 6.07) is 57.8. The van der Waals surface area contributed by atoms with Gasteiger partial charge in [0.05, 0.1) is 16.4 Å². The molecule has 0 radical (unpaired) electrons. The molecule has 11 rings (SSSR count). The van der Waals surface area contributed by atoms with Crippen LogP contribution in [0.5, 0.6) is 0 Å². The van der Waals surface area contributed by atoms with Crippen LogP contribution < -0.4 is 15.7 Å². The number of hydrogen-bond acceptors (Lipinski definition) is 1. The lowest BCUT2D eigenvalue weighted by Crippen LogP contribution is -2.62. The molecule has 0 bridgehead atoms. The van der Waals surface area contributed by atoms with Crippen LogP contribution in [0.4, 0.5) is 11.4 Å². The molecule has 2 nitrogen and oxygen atoms in total. The first-order chi connectivity index (χ1) is 25.2. The van der Waals surface area contributed by atoms with Crippen LogP contribution in [0, 0.1) is 6.92 Å². The van der Waals surface area contributed by atoms with Gasteiger partial charge in [0.2, 0.25) is 0 Å². The van der Waals surface area contributed by atoms with Crippen LogP contribution in [0.15, 0.2) is 152 Å². The van der Waals surface area contributed by atoms with Crippen LogP contribution in [0.25, 0.3) is 38.6 Å². The maximum absolute atomic E-state index is 2.72. The van der Waals surface area contributed by atoms with E-state index in [4.69, 9.17) is 0 Å². The van der Waals surface area contributed by atoms with E-state index in [1.54, 1.807) is 0 Å². The first kappa shape index (κ1) is 29.0. The van der Waals surface area contributed by atoms with Gasteiger partial charge in [-0.3, -0.25) is 0 Å². The SMILES string of the molecule is CCCCc1ccc2c(c1)c1cccc3c1n2-c1cc(C)cc2c1B3N1c3ccccc3C(c3ccccc3)(c3ccccc3)c3cccc-2c31. The third-order valence-corrected chi connectivity index (χ3v) is 12.0. The molecule has 0 N–H and O–H groups in total. The average molecular weight is 653 g/mol. The number of anilines is 2. The summed E-state index contributed by atoms with van der Waals surface area (Å²) in [7, 11) is 0. The summed E-state index contributed by atoms with van der Waals surface area (Å²) < 4.78 is 2.59. The van der Waals surface area contributed by atoms with Crippen LogP contribution in [-0.4, -0.2) is 11.4 Å². The van der Waals surface area contributed by atoms with Gasteiger partial charge < -0.3 is 9.38 Å². The van der Waals surface area contributed by atoms with E-state index in [2.05, 4.69) is 175 Å². The highest BCUT2D eigenvalue weighted by atomic mass is 15.1.